The third-order valence-corrected chi connectivity index (χ3v) is 12.9. The van der Waals surface area contributed by atoms with Gasteiger partial charge < -0.3 is 4.98 Å². The first-order valence-corrected chi connectivity index (χ1v) is 22.1. The van der Waals surface area contributed by atoms with Crippen molar-refractivity contribution in [2.24, 2.45) is 17.8 Å². The first-order chi connectivity index (χ1) is 31.3. The Bertz CT molecular complexity index is 2830. The Morgan fingerprint density at radius 1 is 0.636 bits per heavy atom. The van der Waals surface area contributed by atoms with Crippen LogP contribution in [0.5, 0.6) is 0 Å². The van der Waals surface area contributed by atoms with Crippen molar-refractivity contribution in [2.45, 2.75) is 64.1 Å². The summed E-state index contributed by atoms with van der Waals surface area (Å²) in [5, 5.41) is 2.19. The lowest BCUT2D eigenvalue weighted by Gasteiger charge is -2.38. The molecule has 0 spiro atoms. The summed E-state index contributed by atoms with van der Waals surface area (Å²) < 4.78 is 133. The molecule has 3 aliphatic rings. The molecule has 3 atom stereocenters. The summed E-state index contributed by atoms with van der Waals surface area (Å²) in [6.07, 6.45) is 10.8. The summed E-state index contributed by atoms with van der Waals surface area (Å²) in [5.41, 5.74) is 5.86. The topological polar surface area (TPSA) is 74.0 Å². The molecule has 1 N–H and O–H groups in total. The van der Waals surface area contributed by atoms with E-state index in [1.165, 1.54) is 6.92 Å². The van der Waals surface area contributed by atoms with Crippen LogP contribution in [-0.4, -0.2) is 120 Å². The van der Waals surface area contributed by atoms with Crippen molar-refractivity contribution in [1.82, 2.24) is 44.0 Å². The Morgan fingerprint density at radius 2 is 1.17 bits per heavy atom. The number of pyridine rings is 3. The van der Waals surface area contributed by atoms with Gasteiger partial charge in [0.1, 0.15) is 5.65 Å². The molecule has 3 aliphatic heterocycles. The Morgan fingerprint density at radius 3 is 1.74 bits per heavy atom. The summed E-state index contributed by atoms with van der Waals surface area (Å²) in [5.74, 6) is -8.73. The van der Waals surface area contributed by atoms with Gasteiger partial charge in [-0.05, 0) is 83.7 Å². The number of hydrogen-bond donors (Lipinski definition) is 1. The van der Waals surface area contributed by atoms with Gasteiger partial charge in [0.05, 0.1) is 13.1 Å². The second kappa shape index (κ2) is 17.3. The second-order valence-corrected chi connectivity index (χ2v) is 18.3. The molecule has 9 nitrogen and oxygen atoms in total. The van der Waals surface area contributed by atoms with E-state index >= 15 is 8.78 Å². The summed E-state index contributed by atoms with van der Waals surface area (Å²) in [4.78, 5) is 20.9. The molecule has 66 heavy (non-hydrogen) atoms. The van der Waals surface area contributed by atoms with Crippen LogP contribution >= 0.6 is 0 Å². The maximum atomic E-state index is 15.9. The van der Waals surface area contributed by atoms with Crippen LogP contribution in [0.1, 0.15) is 56.7 Å². The third-order valence-electron chi connectivity index (χ3n) is 12.9. The number of nitrogens with zero attached hydrogens (tertiary/aromatic N) is 8. The zero-order valence-corrected chi connectivity index (χ0v) is 36.6. The van der Waals surface area contributed by atoms with E-state index < -0.39 is 48.9 Å². The number of H-pyrrole nitrogens is 1. The van der Waals surface area contributed by atoms with Crippen LogP contribution < -0.4 is 0 Å². The zero-order chi connectivity index (χ0) is 46.8. The number of halogens is 9. The zero-order valence-electron chi connectivity index (χ0n) is 36.6. The number of aromatic nitrogens is 6. The molecule has 0 bridgehead atoms. The van der Waals surface area contributed by atoms with Crippen molar-refractivity contribution in [2.75, 3.05) is 52.4 Å². The van der Waals surface area contributed by atoms with Gasteiger partial charge in [-0.15, -0.1) is 0 Å². The van der Waals surface area contributed by atoms with Crippen molar-refractivity contribution in [3.8, 4) is 0 Å². The molecule has 0 radical (unpaired) electrons. The summed E-state index contributed by atoms with van der Waals surface area (Å²) >= 11 is 0. The summed E-state index contributed by atoms with van der Waals surface area (Å²) in [6.45, 7) is 2.90. The van der Waals surface area contributed by atoms with Crippen LogP contribution in [0.25, 0.3) is 49.8 Å². The highest BCUT2D eigenvalue weighted by molar-refractivity contribution is 5.95. The monoisotopic (exact) mass is 923 g/mol. The molecule has 18 heteroatoms. The molecule has 9 heterocycles. The molecule has 0 aliphatic carbocycles. The van der Waals surface area contributed by atoms with Gasteiger partial charge in [-0.1, -0.05) is 32.1 Å². The average molecular weight is 924 g/mol. The number of hydrogen-bond acceptors (Lipinski definition) is 6. The molecule has 0 aromatic carbocycles. The lowest BCUT2D eigenvalue weighted by atomic mass is 9.86. The average Bonchev–Trinajstić information content (AvgIpc) is 3.98. The number of rotatable bonds is 13. The highest BCUT2D eigenvalue weighted by atomic mass is 19.4. The molecule has 0 amide bonds. The fraction of sp³-hybridized carbons (Fsp3) is 0.438. The van der Waals surface area contributed by atoms with E-state index in [9.17, 15) is 30.7 Å². The lowest BCUT2D eigenvalue weighted by Crippen LogP contribution is -2.49. The Balaban J connectivity index is 1.06. The van der Waals surface area contributed by atoms with E-state index in [2.05, 4.69) is 16.0 Å². The summed E-state index contributed by atoms with van der Waals surface area (Å²) in [6, 6.07) is 7.71. The van der Waals surface area contributed by atoms with Crippen LogP contribution in [-0.2, 0) is 0 Å². The van der Waals surface area contributed by atoms with E-state index in [0.717, 1.165) is 33.2 Å². The minimum Gasteiger partial charge on any atom is -0.346 e. The van der Waals surface area contributed by atoms with E-state index in [4.69, 9.17) is 9.97 Å². The van der Waals surface area contributed by atoms with E-state index in [0.29, 0.717) is 75.9 Å². The number of aromatic amines is 1. The molecule has 0 saturated heterocycles. The predicted molar refractivity (Wildman–Crippen MR) is 237 cm³/mol. The van der Waals surface area contributed by atoms with Crippen LogP contribution in [0, 0.1) is 17.8 Å². The van der Waals surface area contributed by atoms with E-state index in [1.807, 2.05) is 59.0 Å². The third kappa shape index (κ3) is 9.15. The van der Waals surface area contributed by atoms with Crippen molar-refractivity contribution >= 4 is 49.8 Å². The number of fused-ring (bicyclic) bond motifs is 3. The standard InChI is InChI=1S/C48H50F9N9/c1-4-47(53,54)64-22-32(12-11-31-17-34(39-19-61-42-36(39)8-5-13-58-42)24-63(21-31)29-46(51,52)48(55,56)57)18-35(25-64)41-27-66(44-38(41)10-7-15-60-44)65-26-40(37-9-6-14-59-43(37)65)33-16-30(2)20-62(23-33)28-45(3,49)50/h5-10,13-19,26-27,30-32H,4,11-12,20-25,28-29H2,1-3H3,(H,58,61). The van der Waals surface area contributed by atoms with E-state index in [1.54, 1.807) is 47.9 Å². The Labute approximate surface area is 375 Å². The van der Waals surface area contributed by atoms with Crippen LogP contribution in [0.15, 0.2) is 91.8 Å². The smallest absolute Gasteiger partial charge is 0.346 e. The van der Waals surface area contributed by atoms with Gasteiger partial charge in [0.25, 0.3) is 5.92 Å². The van der Waals surface area contributed by atoms with Crippen molar-refractivity contribution in [1.29, 1.82) is 0 Å². The molecule has 350 valence electrons. The van der Waals surface area contributed by atoms with E-state index in [-0.39, 0.29) is 38.6 Å². The quantitative estimate of drug-likeness (QED) is 0.0919. The summed E-state index contributed by atoms with van der Waals surface area (Å²) in [7, 11) is 0. The molecule has 6 aromatic rings. The maximum Gasteiger partial charge on any atom is 0.454 e. The highest BCUT2D eigenvalue weighted by Crippen LogP contribution is 2.41. The first kappa shape index (κ1) is 45.7. The number of nitrogens with one attached hydrogen (secondary N) is 1. The SMILES string of the molecule is CCC(F)(F)N1CC(c2cn(-n3cc(C4=CC(C)CN(CC(C)(F)F)C4)c4cccnc43)c3ncccc23)=CC(CCC2C=C(c3c[nH]c4ncccc34)CN(CC(F)(F)C(F)(F)F)C2)C1. The molecule has 0 fully saturated rings. The van der Waals surface area contributed by atoms with Crippen LogP contribution in [0.4, 0.5) is 39.5 Å². The van der Waals surface area contributed by atoms with Crippen LogP contribution in [0.3, 0.4) is 0 Å². The maximum absolute atomic E-state index is 15.9. The van der Waals surface area contributed by atoms with Crippen molar-refractivity contribution in [3.63, 3.8) is 0 Å². The lowest BCUT2D eigenvalue weighted by molar-refractivity contribution is -0.286. The molecular weight excluding hydrogens is 874 g/mol. The van der Waals surface area contributed by atoms with Crippen molar-refractivity contribution < 1.29 is 39.5 Å². The van der Waals surface area contributed by atoms with Gasteiger partial charge in [-0.3, -0.25) is 9.80 Å². The van der Waals surface area contributed by atoms with Gasteiger partial charge in [0, 0.05) is 123 Å². The Kier molecular flexibility index (Phi) is 12.0. The van der Waals surface area contributed by atoms with Gasteiger partial charge in [0.15, 0.2) is 11.3 Å². The number of alkyl halides is 9. The van der Waals surface area contributed by atoms with Gasteiger partial charge in [0.2, 0.25) is 0 Å². The first-order valence-electron chi connectivity index (χ1n) is 22.1. The molecule has 0 saturated carbocycles. The molecule has 9 rings (SSSR count). The van der Waals surface area contributed by atoms with Crippen molar-refractivity contribution in [3.05, 3.63) is 108 Å². The highest BCUT2D eigenvalue weighted by Gasteiger charge is 2.58. The largest absolute Gasteiger partial charge is 0.454 e. The predicted octanol–water partition coefficient (Wildman–Crippen LogP) is 10.9. The fourth-order valence-electron chi connectivity index (χ4n) is 10.1. The minimum atomic E-state index is -5.73. The van der Waals surface area contributed by atoms with Crippen LogP contribution in [0.2, 0.25) is 0 Å². The normalized spacial score (nSPS) is 21.2. The molecular formula is C48H50F9N9. The van der Waals surface area contributed by atoms with Gasteiger partial charge in [-0.2, -0.15) is 30.7 Å². The second-order valence-electron chi connectivity index (χ2n) is 18.3. The van der Waals surface area contributed by atoms with Gasteiger partial charge in [-0.25, -0.2) is 38.0 Å². The minimum absolute atomic E-state index is 0.00146. The Hall–Kier alpha value is -5.46. The fourth-order valence-corrected chi connectivity index (χ4v) is 10.1. The van der Waals surface area contributed by atoms with Gasteiger partial charge >= 0.3 is 18.1 Å². The molecule has 3 unspecified atom stereocenters. The molecule has 6 aromatic heterocycles.